The lowest BCUT2D eigenvalue weighted by atomic mass is 10.1. The Morgan fingerprint density at radius 1 is 1.56 bits per heavy atom. The van der Waals surface area contributed by atoms with Gasteiger partial charge in [-0.3, -0.25) is 0 Å². The number of rotatable bonds is 4. The second-order valence-electron chi connectivity index (χ2n) is 3.17. The van der Waals surface area contributed by atoms with E-state index in [1.54, 1.807) is 7.05 Å². The fourth-order valence-corrected chi connectivity index (χ4v) is 1.67. The lowest BCUT2D eigenvalue weighted by Crippen LogP contribution is -2.19. The first-order valence-electron chi connectivity index (χ1n) is 4.57. The van der Waals surface area contributed by atoms with Gasteiger partial charge in [0.15, 0.2) is 11.6 Å². The summed E-state index contributed by atoms with van der Waals surface area (Å²) in [6.45, 7) is 0.0626. The molecule has 0 fully saturated rings. The summed E-state index contributed by atoms with van der Waals surface area (Å²) >= 11 is 5.69. The summed E-state index contributed by atoms with van der Waals surface area (Å²) in [5, 5.41) is 12.2. The third-order valence-corrected chi connectivity index (χ3v) is 2.38. The summed E-state index contributed by atoms with van der Waals surface area (Å²) in [4.78, 5) is 0. The fraction of sp³-hybridized carbons (Fsp3) is 0.400. The largest absolute Gasteiger partial charge is 0.495 e. The van der Waals surface area contributed by atoms with Crippen molar-refractivity contribution >= 4 is 11.6 Å². The zero-order valence-electron chi connectivity index (χ0n) is 8.85. The Bertz CT molecular complexity index is 388. The van der Waals surface area contributed by atoms with Crippen molar-refractivity contribution in [3.05, 3.63) is 28.3 Å². The van der Waals surface area contributed by atoms with E-state index in [0.717, 1.165) is 6.07 Å². The van der Waals surface area contributed by atoms with Crippen molar-refractivity contribution in [3.63, 3.8) is 0 Å². The van der Waals surface area contributed by atoms with E-state index in [-0.39, 0.29) is 22.9 Å². The summed E-state index contributed by atoms with van der Waals surface area (Å²) < 4.78 is 31.5. The monoisotopic (exact) mass is 251 g/mol. The summed E-state index contributed by atoms with van der Waals surface area (Å²) in [6, 6.07) is 0.811. The van der Waals surface area contributed by atoms with E-state index in [9.17, 15) is 13.9 Å². The molecule has 1 atom stereocenters. The van der Waals surface area contributed by atoms with Crippen molar-refractivity contribution in [2.45, 2.75) is 6.10 Å². The molecule has 3 nitrogen and oxygen atoms in total. The predicted octanol–water partition coefficient (Wildman–Crippen LogP) is 1.88. The van der Waals surface area contributed by atoms with E-state index < -0.39 is 17.7 Å². The van der Waals surface area contributed by atoms with Crippen LogP contribution in [-0.4, -0.2) is 25.8 Å². The van der Waals surface area contributed by atoms with Gasteiger partial charge in [0.1, 0.15) is 5.75 Å². The topological polar surface area (TPSA) is 41.5 Å². The molecule has 1 unspecified atom stereocenters. The molecule has 2 N–H and O–H groups in total. The SMILES string of the molecule is CNCC(O)c1c(F)c(F)cc(Cl)c1OC. The average Bonchev–Trinajstić information content (AvgIpc) is 2.23. The molecule has 0 amide bonds. The van der Waals surface area contributed by atoms with Gasteiger partial charge in [-0.1, -0.05) is 11.6 Å². The Morgan fingerprint density at radius 3 is 2.69 bits per heavy atom. The van der Waals surface area contributed by atoms with Gasteiger partial charge in [-0.15, -0.1) is 0 Å². The third kappa shape index (κ3) is 2.42. The maximum Gasteiger partial charge on any atom is 0.168 e. The highest BCUT2D eigenvalue weighted by atomic mass is 35.5. The van der Waals surface area contributed by atoms with Crippen LogP contribution in [0.4, 0.5) is 8.78 Å². The highest BCUT2D eigenvalue weighted by molar-refractivity contribution is 6.32. The van der Waals surface area contributed by atoms with Gasteiger partial charge in [0.25, 0.3) is 0 Å². The molecule has 0 heterocycles. The van der Waals surface area contributed by atoms with Crippen LogP contribution in [0, 0.1) is 11.6 Å². The second kappa shape index (κ2) is 5.43. The molecule has 90 valence electrons. The number of likely N-dealkylation sites (N-methyl/N-ethyl adjacent to an activating group) is 1. The number of aliphatic hydroxyl groups excluding tert-OH is 1. The molecule has 1 aromatic carbocycles. The van der Waals surface area contributed by atoms with Crippen LogP contribution in [0.25, 0.3) is 0 Å². The smallest absolute Gasteiger partial charge is 0.168 e. The zero-order chi connectivity index (χ0) is 12.3. The predicted molar refractivity (Wildman–Crippen MR) is 56.8 cm³/mol. The number of halogens is 3. The van der Waals surface area contributed by atoms with E-state index in [4.69, 9.17) is 16.3 Å². The van der Waals surface area contributed by atoms with Gasteiger partial charge in [0.2, 0.25) is 0 Å². The molecule has 0 aliphatic heterocycles. The molecule has 0 radical (unpaired) electrons. The molecule has 0 aromatic heterocycles. The Hall–Kier alpha value is -0.910. The number of methoxy groups -OCH3 is 1. The molecular weight excluding hydrogens is 240 g/mol. The normalized spacial score (nSPS) is 12.6. The van der Waals surface area contributed by atoms with Crippen molar-refractivity contribution in [2.75, 3.05) is 20.7 Å². The van der Waals surface area contributed by atoms with Crippen LogP contribution in [0.2, 0.25) is 5.02 Å². The van der Waals surface area contributed by atoms with E-state index in [1.165, 1.54) is 7.11 Å². The zero-order valence-corrected chi connectivity index (χ0v) is 9.61. The quantitative estimate of drug-likeness (QED) is 0.803. The van der Waals surface area contributed by atoms with Crippen molar-refractivity contribution < 1.29 is 18.6 Å². The van der Waals surface area contributed by atoms with Crippen molar-refractivity contribution in [1.82, 2.24) is 5.32 Å². The minimum Gasteiger partial charge on any atom is -0.495 e. The highest BCUT2D eigenvalue weighted by Gasteiger charge is 2.23. The minimum atomic E-state index is -1.23. The van der Waals surface area contributed by atoms with Gasteiger partial charge < -0.3 is 15.2 Å². The van der Waals surface area contributed by atoms with Gasteiger partial charge in [-0.2, -0.15) is 0 Å². The molecule has 0 saturated carbocycles. The molecule has 16 heavy (non-hydrogen) atoms. The first-order chi connectivity index (χ1) is 7.52. The van der Waals surface area contributed by atoms with Crippen LogP contribution >= 0.6 is 11.6 Å². The molecule has 0 spiro atoms. The molecule has 0 aliphatic carbocycles. The van der Waals surface area contributed by atoms with Crippen LogP contribution in [0.1, 0.15) is 11.7 Å². The number of benzene rings is 1. The first kappa shape index (κ1) is 13.2. The van der Waals surface area contributed by atoms with E-state index >= 15 is 0 Å². The number of hydrogen-bond acceptors (Lipinski definition) is 3. The highest BCUT2D eigenvalue weighted by Crippen LogP contribution is 2.36. The molecule has 0 aliphatic rings. The average molecular weight is 252 g/mol. The van der Waals surface area contributed by atoms with Crippen LogP contribution in [0.5, 0.6) is 5.75 Å². The Labute approximate surface area is 97.0 Å². The van der Waals surface area contributed by atoms with Gasteiger partial charge >= 0.3 is 0 Å². The number of aliphatic hydroxyl groups is 1. The third-order valence-electron chi connectivity index (χ3n) is 2.10. The lowest BCUT2D eigenvalue weighted by molar-refractivity contribution is 0.167. The van der Waals surface area contributed by atoms with Gasteiger partial charge in [0.05, 0.1) is 23.8 Å². The van der Waals surface area contributed by atoms with E-state index in [2.05, 4.69) is 5.32 Å². The molecule has 1 rings (SSSR count). The Morgan fingerprint density at radius 2 is 2.19 bits per heavy atom. The number of ether oxygens (including phenoxy) is 1. The van der Waals surface area contributed by atoms with Crippen molar-refractivity contribution in [2.24, 2.45) is 0 Å². The van der Waals surface area contributed by atoms with Gasteiger partial charge in [0, 0.05) is 6.54 Å². The Balaban J connectivity index is 3.32. The Kier molecular flexibility index (Phi) is 4.46. The summed E-state index contributed by atoms with van der Waals surface area (Å²) in [5.74, 6) is -2.32. The van der Waals surface area contributed by atoms with E-state index in [0.29, 0.717) is 0 Å². The van der Waals surface area contributed by atoms with Crippen LogP contribution in [0.15, 0.2) is 6.07 Å². The van der Waals surface area contributed by atoms with Gasteiger partial charge in [-0.05, 0) is 13.1 Å². The van der Waals surface area contributed by atoms with E-state index in [1.807, 2.05) is 0 Å². The molecular formula is C10H12ClF2NO2. The summed E-state index contributed by atoms with van der Waals surface area (Å²) in [6.07, 6.45) is -1.23. The maximum atomic E-state index is 13.5. The maximum absolute atomic E-state index is 13.5. The molecule has 1 aromatic rings. The molecule has 0 bridgehead atoms. The second-order valence-corrected chi connectivity index (χ2v) is 3.58. The molecule has 6 heteroatoms. The number of nitrogens with one attached hydrogen (secondary N) is 1. The first-order valence-corrected chi connectivity index (χ1v) is 4.94. The molecule has 0 saturated heterocycles. The fourth-order valence-electron chi connectivity index (χ4n) is 1.40. The summed E-state index contributed by atoms with van der Waals surface area (Å²) in [5.41, 5.74) is -0.276. The lowest BCUT2D eigenvalue weighted by Gasteiger charge is -2.16. The minimum absolute atomic E-state index is 0.0525. The van der Waals surface area contributed by atoms with Crippen LogP contribution in [0.3, 0.4) is 0 Å². The van der Waals surface area contributed by atoms with Crippen molar-refractivity contribution in [3.8, 4) is 5.75 Å². The van der Waals surface area contributed by atoms with Gasteiger partial charge in [-0.25, -0.2) is 8.78 Å². The standard InChI is InChI=1S/C10H12ClF2NO2/c1-14-4-7(15)8-9(13)6(12)3-5(11)10(8)16-2/h3,7,14-15H,4H2,1-2H3. The van der Waals surface area contributed by atoms with Crippen molar-refractivity contribution in [1.29, 1.82) is 0 Å². The van der Waals surface area contributed by atoms with Crippen LogP contribution < -0.4 is 10.1 Å². The van der Waals surface area contributed by atoms with Crippen LogP contribution in [-0.2, 0) is 0 Å². The summed E-state index contributed by atoms with van der Waals surface area (Å²) in [7, 11) is 2.85. The number of hydrogen-bond donors (Lipinski definition) is 2.